The number of hydrogen-bond acceptors (Lipinski definition) is 6. The number of pyridine rings is 2. The highest BCUT2D eigenvalue weighted by Crippen LogP contribution is 2.38. The Morgan fingerprint density at radius 3 is 2.71 bits per heavy atom. The van der Waals surface area contributed by atoms with E-state index in [9.17, 15) is 14.7 Å². The van der Waals surface area contributed by atoms with Gasteiger partial charge in [0.15, 0.2) is 5.60 Å². The number of carbonyl (C=O) groups excluding carboxylic acids is 1. The third kappa shape index (κ3) is 3.42. The van der Waals surface area contributed by atoms with Crippen molar-refractivity contribution < 1.29 is 14.6 Å². The van der Waals surface area contributed by atoms with Gasteiger partial charge in [-0.25, -0.2) is 9.78 Å². The third-order valence-corrected chi connectivity index (χ3v) is 6.94. The second-order valence-corrected chi connectivity index (χ2v) is 8.77. The lowest BCUT2D eigenvalue weighted by molar-refractivity contribution is -0.172. The zero-order valence-electron chi connectivity index (χ0n) is 19.6. The fourth-order valence-electron chi connectivity index (χ4n) is 4.76. The third-order valence-electron chi connectivity index (χ3n) is 6.94. The second-order valence-electron chi connectivity index (χ2n) is 8.77. The number of fused-ring (bicyclic) bond motifs is 5. The first kappa shape index (κ1) is 22.3. The Balaban J connectivity index is 1.56. The Morgan fingerprint density at radius 2 is 1.97 bits per heavy atom. The van der Waals surface area contributed by atoms with E-state index < -0.39 is 11.6 Å². The molecule has 3 aromatic rings. The normalized spacial score (nSPS) is 18.2. The molecule has 1 atom stereocenters. The highest BCUT2D eigenvalue weighted by molar-refractivity contribution is 5.87. The average Bonchev–Trinajstić information content (AvgIpc) is 3.21. The molecule has 2 aliphatic heterocycles. The number of benzene rings is 1. The highest BCUT2D eigenvalue weighted by atomic mass is 16.6. The Labute approximate surface area is 198 Å². The van der Waals surface area contributed by atoms with Crippen LogP contribution in [0.2, 0.25) is 0 Å². The maximum Gasteiger partial charge on any atom is 0.343 e. The molecule has 174 valence electrons. The Hall–Kier alpha value is -3.47. The van der Waals surface area contributed by atoms with Crippen molar-refractivity contribution in [2.45, 2.75) is 45.9 Å². The molecule has 4 heterocycles. The van der Waals surface area contributed by atoms with E-state index in [1.54, 1.807) is 17.6 Å². The summed E-state index contributed by atoms with van der Waals surface area (Å²) in [5.41, 5.74) is 2.55. The van der Waals surface area contributed by atoms with E-state index in [4.69, 9.17) is 9.72 Å². The van der Waals surface area contributed by atoms with E-state index in [0.717, 1.165) is 41.7 Å². The summed E-state index contributed by atoms with van der Waals surface area (Å²) >= 11 is 0. The summed E-state index contributed by atoms with van der Waals surface area (Å²) in [7, 11) is 0. The van der Waals surface area contributed by atoms with Crippen LogP contribution in [0.3, 0.4) is 0 Å². The van der Waals surface area contributed by atoms with Crippen LogP contribution < -0.4 is 5.56 Å². The first-order valence-corrected chi connectivity index (χ1v) is 11.7. The number of aromatic nitrogens is 2. The molecule has 0 unspecified atom stereocenters. The van der Waals surface area contributed by atoms with Crippen molar-refractivity contribution >= 4 is 16.9 Å². The highest BCUT2D eigenvalue weighted by Gasteiger charge is 2.45. The fraction of sp³-hybridized carbons (Fsp3) is 0.370. The molecule has 2 aromatic heterocycles. The van der Waals surface area contributed by atoms with E-state index in [1.165, 1.54) is 0 Å². The zero-order chi connectivity index (χ0) is 24.0. The zero-order valence-corrected chi connectivity index (χ0v) is 19.6. The number of rotatable bonds is 4. The summed E-state index contributed by atoms with van der Waals surface area (Å²) in [6.45, 7) is 8.88. The van der Waals surface area contributed by atoms with Gasteiger partial charge >= 0.3 is 5.97 Å². The van der Waals surface area contributed by atoms with E-state index in [2.05, 4.69) is 30.6 Å². The van der Waals surface area contributed by atoms with Crippen molar-refractivity contribution in [3.05, 3.63) is 62.9 Å². The van der Waals surface area contributed by atoms with Crippen LogP contribution in [0.15, 0.2) is 35.1 Å². The van der Waals surface area contributed by atoms with Gasteiger partial charge in [0.25, 0.3) is 5.56 Å². The van der Waals surface area contributed by atoms with Crippen molar-refractivity contribution in [1.29, 1.82) is 0 Å². The van der Waals surface area contributed by atoms with Crippen LogP contribution in [0.4, 0.5) is 0 Å². The van der Waals surface area contributed by atoms with Crippen LogP contribution >= 0.6 is 0 Å². The molecule has 7 heteroatoms. The number of esters is 1. The molecule has 1 aromatic carbocycles. The summed E-state index contributed by atoms with van der Waals surface area (Å²) in [5, 5.41) is 11.9. The molecule has 2 aliphatic rings. The SMILES string of the molecule is CCN(CC)CC#Cc1ccc2nc3c(cc2c1)Cn1c-3cc2c(c1=O)COC(=O)[C@]2(O)CC. The number of hydrogen-bond donors (Lipinski definition) is 1. The monoisotopic (exact) mass is 457 g/mol. The Kier molecular flexibility index (Phi) is 5.51. The van der Waals surface area contributed by atoms with Crippen molar-refractivity contribution in [2.24, 2.45) is 0 Å². The van der Waals surface area contributed by atoms with E-state index in [-0.39, 0.29) is 18.6 Å². The van der Waals surface area contributed by atoms with Crippen molar-refractivity contribution in [1.82, 2.24) is 14.5 Å². The van der Waals surface area contributed by atoms with Crippen LogP contribution in [0.25, 0.3) is 22.3 Å². The van der Waals surface area contributed by atoms with Crippen LogP contribution in [-0.2, 0) is 28.3 Å². The largest absolute Gasteiger partial charge is 0.458 e. The predicted octanol–water partition coefficient (Wildman–Crippen LogP) is 2.77. The number of carbonyl (C=O) groups is 1. The van der Waals surface area contributed by atoms with Gasteiger partial charge in [0, 0.05) is 22.1 Å². The maximum absolute atomic E-state index is 13.3. The first-order valence-electron chi connectivity index (χ1n) is 11.7. The van der Waals surface area contributed by atoms with Gasteiger partial charge in [0.2, 0.25) is 0 Å². The smallest absolute Gasteiger partial charge is 0.343 e. The van der Waals surface area contributed by atoms with E-state index >= 15 is 0 Å². The minimum atomic E-state index is -1.82. The van der Waals surface area contributed by atoms with Gasteiger partial charge in [-0.05, 0) is 49.8 Å². The van der Waals surface area contributed by atoms with Crippen LogP contribution in [0.5, 0.6) is 0 Å². The molecule has 0 spiro atoms. The predicted molar refractivity (Wildman–Crippen MR) is 129 cm³/mol. The van der Waals surface area contributed by atoms with Crippen LogP contribution in [0.1, 0.15) is 49.4 Å². The van der Waals surface area contributed by atoms with Gasteiger partial charge < -0.3 is 14.4 Å². The van der Waals surface area contributed by atoms with Gasteiger partial charge in [-0.15, -0.1) is 0 Å². The number of cyclic esters (lactones) is 1. The van der Waals surface area contributed by atoms with Gasteiger partial charge in [0.1, 0.15) is 6.61 Å². The van der Waals surface area contributed by atoms with Gasteiger partial charge in [0.05, 0.1) is 35.6 Å². The molecule has 0 bridgehead atoms. The number of nitrogens with zero attached hydrogens (tertiary/aromatic N) is 3. The van der Waals surface area contributed by atoms with Gasteiger partial charge in [-0.1, -0.05) is 32.6 Å². The summed E-state index contributed by atoms with van der Waals surface area (Å²) in [6.07, 6.45) is 0.123. The second kappa shape index (κ2) is 8.39. The molecule has 1 N–H and O–H groups in total. The number of ether oxygens (including phenoxy) is 1. The Morgan fingerprint density at radius 1 is 1.18 bits per heavy atom. The fourth-order valence-corrected chi connectivity index (χ4v) is 4.76. The molecule has 0 aliphatic carbocycles. The van der Waals surface area contributed by atoms with Crippen LogP contribution in [0, 0.1) is 11.8 Å². The summed E-state index contributed by atoms with van der Waals surface area (Å²) in [5.74, 6) is 5.76. The summed E-state index contributed by atoms with van der Waals surface area (Å²) in [4.78, 5) is 32.7. The Bertz CT molecular complexity index is 1440. The molecule has 0 fully saturated rings. The standard InChI is InChI=1S/C27H27N3O4/c1-4-27(33)21-14-23-24-19(15-30(23)25(31)20(21)16-34-26(27)32)13-18-12-17(9-10-22(18)28-24)8-7-11-29(5-2)6-3/h9-10,12-14,33H,4-6,11,15-16H2,1-3H3/t27-/m0/s1. The average molecular weight is 458 g/mol. The lowest BCUT2D eigenvalue weighted by Crippen LogP contribution is -2.44. The lowest BCUT2D eigenvalue weighted by Gasteiger charge is -2.31. The minimum absolute atomic E-state index is 0.123. The van der Waals surface area contributed by atoms with E-state index in [0.29, 0.717) is 29.1 Å². The van der Waals surface area contributed by atoms with Gasteiger partial charge in [-0.3, -0.25) is 9.69 Å². The number of aliphatic hydroxyl groups is 1. The van der Waals surface area contributed by atoms with Crippen LogP contribution in [-0.4, -0.2) is 45.2 Å². The lowest BCUT2D eigenvalue weighted by atomic mass is 9.86. The molecular weight excluding hydrogens is 430 g/mol. The molecule has 34 heavy (non-hydrogen) atoms. The minimum Gasteiger partial charge on any atom is -0.458 e. The first-order chi connectivity index (χ1) is 16.4. The van der Waals surface area contributed by atoms with Crippen molar-refractivity contribution in [3.63, 3.8) is 0 Å². The van der Waals surface area contributed by atoms with Crippen molar-refractivity contribution in [3.8, 4) is 23.2 Å². The molecular formula is C27H27N3O4. The topological polar surface area (TPSA) is 84.7 Å². The molecule has 0 saturated heterocycles. The van der Waals surface area contributed by atoms with E-state index in [1.807, 2.05) is 24.3 Å². The van der Waals surface area contributed by atoms with Crippen molar-refractivity contribution in [2.75, 3.05) is 19.6 Å². The molecule has 5 rings (SSSR count). The molecule has 0 radical (unpaired) electrons. The molecule has 7 nitrogen and oxygen atoms in total. The maximum atomic E-state index is 13.3. The summed E-state index contributed by atoms with van der Waals surface area (Å²) < 4.78 is 6.78. The van der Waals surface area contributed by atoms with Gasteiger partial charge in [-0.2, -0.15) is 0 Å². The summed E-state index contributed by atoms with van der Waals surface area (Å²) in [6, 6.07) is 9.70. The molecule has 0 amide bonds. The quantitative estimate of drug-likeness (QED) is 0.375. The molecule has 0 saturated carbocycles.